The molecule has 0 N–H and O–H groups in total. The Labute approximate surface area is 124 Å². The van der Waals surface area contributed by atoms with Crippen molar-refractivity contribution in [3.05, 3.63) is 71.8 Å². The Morgan fingerprint density at radius 3 is 2.14 bits per heavy atom. The zero-order valence-electron chi connectivity index (χ0n) is 12.0. The molecule has 0 aliphatic carbocycles. The molecule has 1 aliphatic heterocycles. The van der Waals surface area contributed by atoms with E-state index in [2.05, 4.69) is 4.99 Å². The second kappa shape index (κ2) is 5.77. The second-order valence-electron chi connectivity index (χ2n) is 4.69. The number of hydrogen-bond acceptors (Lipinski definition) is 4. The Kier molecular flexibility index (Phi) is 3.84. The SMILES string of the molecule is CO[C@@H]1N=C(c2ccccc2)[C@@](OC)(c2ccccc2)O1. The first kappa shape index (κ1) is 13.9. The minimum Gasteiger partial charge on any atom is -0.344 e. The Hall–Kier alpha value is -2.01. The molecule has 0 aromatic heterocycles. The molecule has 1 aliphatic rings. The van der Waals surface area contributed by atoms with Crippen molar-refractivity contribution in [2.24, 2.45) is 4.99 Å². The number of methoxy groups -OCH3 is 2. The smallest absolute Gasteiger partial charge is 0.261 e. The van der Waals surface area contributed by atoms with Crippen LogP contribution in [-0.2, 0) is 20.0 Å². The van der Waals surface area contributed by atoms with E-state index < -0.39 is 12.2 Å². The third-order valence-corrected chi connectivity index (χ3v) is 3.50. The molecule has 2 aromatic carbocycles. The summed E-state index contributed by atoms with van der Waals surface area (Å²) in [6.45, 7) is 0. The van der Waals surface area contributed by atoms with Gasteiger partial charge in [0.15, 0.2) is 0 Å². The predicted octanol–water partition coefficient (Wildman–Crippen LogP) is 2.94. The van der Waals surface area contributed by atoms with Gasteiger partial charge in [0.05, 0.1) is 0 Å². The first-order chi connectivity index (χ1) is 10.3. The molecule has 0 saturated carbocycles. The summed E-state index contributed by atoms with van der Waals surface area (Å²) in [7, 11) is 3.18. The third kappa shape index (κ3) is 2.38. The number of aliphatic imine (C=N–C) groups is 1. The highest BCUT2D eigenvalue weighted by molar-refractivity contribution is 6.07. The standard InChI is InChI=1S/C17H17NO3/c1-19-16-18-15(13-9-5-3-6-10-13)17(20-2,21-16)14-11-7-4-8-12-14/h3-12,16H,1-2H3/t16-,17+/m0/s1. The number of benzene rings is 2. The molecule has 0 radical (unpaired) electrons. The van der Waals surface area contributed by atoms with Crippen molar-refractivity contribution < 1.29 is 14.2 Å². The number of hydrogen-bond donors (Lipinski definition) is 0. The van der Waals surface area contributed by atoms with E-state index in [-0.39, 0.29) is 0 Å². The van der Waals surface area contributed by atoms with Crippen LogP contribution < -0.4 is 0 Å². The maximum absolute atomic E-state index is 5.95. The zero-order valence-corrected chi connectivity index (χ0v) is 12.0. The third-order valence-electron chi connectivity index (χ3n) is 3.50. The van der Waals surface area contributed by atoms with E-state index in [0.717, 1.165) is 11.1 Å². The van der Waals surface area contributed by atoms with Gasteiger partial charge in [0.2, 0.25) is 5.79 Å². The predicted molar refractivity (Wildman–Crippen MR) is 80.0 cm³/mol. The van der Waals surface area contributed by atoms with Gasteiger partial charge in [0.25, 0.3) is 6.41 Å². The van der Waals surface area contributed by atoms with Crippen molar-refractivity contribution in [3.8, 4) is 0 Å². The molecule has 2 atom stereocenters. The summed E-state index contributed by atoms with van der Waals surface area (Å²) in [5, 5.41) is 0. The minimum absolute atomic E-state index is 0.680. The average Bonchev–Trinajstić information content (AvgIpc) is 2.97. The largest absolute Gasteiger partial charge is 0.344 e. The lowest BCUT2D eigenvalue weighted by Crippen LogP contribution is -2.38. The first-order valence-corrected chi connectivity index (χ1v) is 6.75. The summed E-state index contributed by atoms with van der Waals surface area (Å²) in [6.07, 6.45) is -0.680. The molecular formula is C17H17NO3. The normalized spacial score (nSPS) is 24.9. The van der Waals surface area contributed by atoms with Crippen molar-refractivity contribution in [1.82, 2.24) is 0 Å². The molecule has 0 fully saturated rings. The van der Waals surface area contributed by atoms with E-state index in [4.69, 9.17) is 14.2 Å². The van der Waals surface area contributed by atoms with Crippen LogP contribution in [0, 0.1) is 0 Å². The van der Waals surface area contributed by atoms with Gasteiger partial charge in [-0.1, -0.05) is 60.7 Å². The van der Waals surface area contributed by atoms with Gasteiger partial charge < -0.3 is 9.47 Å². The second-order valence-corrected chi connectivity index (χ2v) is 4.69. The van der Waals surface area contributed by atoms with Crippen LogP contribution in [0.1, 0.15) is 11.1 Å². The van der Waals surface area contributed by atoms with Crippen molar-refractivity contribution in [2.75, 3.05) is 14.2 Å². The fraction of sp³-hybridized carbons (Fsp3) is 0.235. The van der Waals surface area contributed by atoms with Crippen LogP contribution in [0.15, 0.2) is 65.7 Å². The van der Waals surface area contributed by atoms with Crippen LogP contribution in [0.2, 0.25) is 0 Å². The highest BCUT2D eigenvalue weighted by Gasteiger charge is 2.47. The van der Waals surface area contributed by atoms with E-state index in [1.807, 2.05) is 60.7 Å². The summed E-state index contributed by atoms with van der Waals surface area (Å²) in [6, 6.07) is 19.6. The van der Waals surface area contributed by atoms with Gasteiger partial charge in [0, 0.05) is 25.3 Å². The molecule has 0 saturated heterocycles. The van der Waals surface area contributed by atoms with Gasteiger partial charge in [-0.25, -0.2) is 4.99 Å². The summed E-state index contributed by atoms with van der Waals surface area (Å²) in [5.74, 6) is -1.05. The van der Waals surface area contributed by atoms with Crippen LogP contribution in [-0.4, -0.2) is 26.3 Å². The van der Waals surface area contributed by atoms with Crippen molar-refractivity contribution >= 4 is 5.71 Å². The van der Waals surface area contributed by atoms with E-state index >= 15 is 0 Å². The fourth-order valence-electron chi connectivity index (χ4n) is 2.50. The summed E-state index contributed by atoms with van der Waals surface area (Å²) in [4.78, 5) is 4.52. The quantitative estimate of drug-likeness (QED) is 0.866. The highest BCUT2D eigenvalue weighted by Crippen LogP contribution is 2.37. The van der Waals surface area contributed by atoms with Crippen molar-refractivity contribution in [3.63, 3.8) is 0 Å². The van der Waals surface area contributed by atoms with Crippen LogP contribution in [0.5, 0.6) is 0 Å². The average molecular weight is 283 g/mol. The zero-order chi connectivity index (χ0) is 14.7. The van der Waals surface area contributed by atoms with Crippen LogP contribution >= 0.6 is 0 Å². The topological polar surface area (TPSA) is 40.0 Å². The van der Waals surface area contributed by atoms with Crippen molar-refractivity contribution in [1.29, 1.82) is 0 Å². The summed E-state index contributed by atoms with van der Waals surface area (Å²) in [5.41, 5.74) is 2.54. The monoisotopic (exact) mass is 283 g/mol. The van der Waals surface area contributed by atoms with E-state index in [1.54, 1.807) is 14.2 Å². The molecule has 0 unspecified atom stereocenters. The van der Waals surface area contributed by atoms with Gasteiger partial charge in [-0.2, -0.15) is 0 Å². The molecule has 3 rings (SSSR count). The highest BCUT2D eigenvalue weighted by atomic mass is 16.8. The minimum atomic E-state index is -1.05. The molecule has 4 heteroatoms. The van der Waals surface area contributed by atoms with E-state index in [1.165, 1.54) is 0 Å². The van der Waals surface area contributed by atoms with Gasteiger partial charge in [-0.15, -0.1) is 0 Å². The molecular weight excluding hydrogens is 266 g/mol. The molecule has 0 amide bonds. The Bertz CT molecular complexity index is 627. The Morgan fingerprint density at radius 1 is 0.952 bits per heavy atom. The van der Waals surface area contributed by atoms with Gasteiger partial charge in [0.1, 0.15) is 5.71 Å². The summed E-state index contributed by atoms with van der Waals surface area (Å²) < 4.78 is 17.0. The molecule has 2 aromatic rings. The van der Waals surface area contributed by atoms with Crippen LogP contribution in [0.3, 0.4) is 0 Å². The molecule has 0 bridgehead atoms. The van der Waals surface area contributed by atoms with Crippen LogP contribution in [0.4, 0.5) is 0 Å². The molecule has 21 heavy (non-hydrogen) atoms. The maximum Gasteiger partial charge on any atom is 0.261 e. The molecule has 108 valence electrons. The van der Waals surface area contributed by atoms with E-state index in [9.17, 15) is 0 Å². The molecule has 4 nitrogen and oxygen atoms in total. The molecule has 1 heterocycles. The van der Waals surface area contributed by atoms with Gasteiger partial charge in [-0.3, -0.25) is 4.74 Å². The van der Waals surface area contributed by atoms with E-state index in [0.29, 0.717) is 5.71 Å². The molecule has 0 spiro atoms. The maximum atomic E-state index is 5.95. The first-order valence-electron chi connectivity index (χ1n) is 6.75. The lowest BCUT2D eigenvalue weighted by atomic mass is 9.95. The Morgan fingerprint density at radius 2 is 1.57 bits per heavy atom. The van der Waals surface area contributed by atoms with Gasteiger partial charge in [-0.05, 0) is 0 Å². The van der Waals surface area contributed by atoms with Crippen molar-refractivity contribution in [2.45, 2.75) is 12.2 Å². The lowest BCUT2D eigenvalue weighted by molar-refractivity contribution is -0.248. The number of nitrogens with zero attached hydrogens (tertiary/aromatic N) is 1. The van der Waals surface area contributed by atoms with Gasteiger partial charge >= 0.3 is 0 Å². The number of rotatable bonds is 4. The lowest BCUT2D eigenvalue weighted by Gasteiger charge is -2.29. The Balaban J connectivity index is 2.13. The number of ether oxygens (including phenoxy) is 3. The summed E-state index contributed by atoms with van der Waals surface area (Å²) >= 11 is 0. The fourth-order valence-corrected chi connectivity index (χ4v) is 2.50. The van der Waals surface area contributed by atoms with Crippen LogP contribution in [0.25, 0.3) is 0 Å².